The Labute approximate surface area is 367 Å². The fraction of sp³-hybridized carbons (Fsp3) is 0.575. The lowest BCUT2D eigenvalue weighted by Crippen LogP contribution is -2.61. The first-order chi connectivity index (χ1) is 30.2. The summed E-state index contributed by atoms with van der Waals surface area (Å²) in [4.78, 5) is 143. The minimum atomic E-state index is -1.82. The van der Waals surface area contributed by atoms with Gasteiger partial charge in [0, 0.05) is 25.9 Å². The Kier molecular flexibility index (Phi) is 19.6. The van der Waals surface area contributed by atoms with E-state index in [1.54, 1.807) is 13.8 Å². The van der Waals surface area contributed by atoms with Gasteiger partial charge in [-0.2, -0.15) is 0 Å². The van der Waals surface area contributed by atoms with Crippen molar-refractivity contribution in [2.45, 2.75) is 120 Å². The fourth-order valence-electron chi connectivity index (χ4n) is 7.27. The van der Waals surface area contributed by atoms with E-state index >= 15 is 0 Å². The SMILES string of the molecule is CC(C)[C@H](NC(=O)[C@@H](N)CCC(N)=O)C(=O)N1CCC[C@H]1C(=O)N[C@@H](CO)C(=O)N[C@@H](CC(=O)O)C(=O)N1CCC[C@H]1C(=O)N[C@@H](Cc1ccc(O)cc1)C(=O)N[C@H](C=O)CC(N)=O. The maximum absolute atomic E-state index is 14.0. The molecule has 2 heterocycles. The van der Waals surface area contributed by atoms with Gasteiger partial charge in [-0.05, 0) is 55.7 Å². The van der Waals surface area contributed by atoms with Crippen LogP contribution in [-0.2, 0) is 59.2 Å². The Balaban J connectivity index is 1.75. The summed E-state index contributed by atoms with van der Waals surface area (Å²) in [7, 11) is 0. The molecular formula is C40H58N10O14. The Morgan fingerprint density at radius 1 is 0.734 bits per heavy atom. The van der Waals surface area contributed by atoms with Gasteiger partial charge in [0.05, 0.1) is 31.5 Å². The molecule has 8 atom stereocenters. The Morgan fingerprint density at radius 2 is 1.28 bits per heavy atom. The smallest absolute Gasteiger partial charge is 0.305 e. The number of nitrogens with zero attached hydrogens (tertiary/aromatic N) is 2. The third-order valence-corrected chi connectivity index (χ3v) is 10.7. The van der Waals surface area contributed by atoms with Gasteiger partial charge in [0.15, 0.2) is 0 Å². The van der Waals surface area contributed by atoms with Gasteiger partial charge >= 0.3 is 5.97 Å². The number of carboxylic acid groups (broad SMARTS) is 1. The van der Waals surface area contributed by atoms with E-state index in [1.807, 2.05) is 0 Å². The van der Waals surface area contributed by atoms with Gasteiger partial charge in [-0.15, -0.1) is 0 Å². The molecule has 1 aromatic rings. The number of rotatable bonds is 24. The van der Waals surface area contributed by atoms with E-state index in [0.29, 0.717) is 12.0 Å². The Bertz CT molecular complexity index is 1910. The standard InChI is InChI=1S/C40H58N10O14/c1-20(2)33(48-34(58)24(41)11-12-30(42)54)40(64)50-14-4-6-29(50)38(62)47-27(19-52)36(60)46-26(17-32(56)57)39(63)49-13-3-5-28(49)37(61)45-25(15-21-7-9-23(53)10-8-21)35(59)44-22(18-51)16-31(43)55/h7-10,18,20,22,24-29,33,52-53H,3-6,11-17,19,41H2,1-2H3,(H2,42,54)(H2,43,55)(H,44,59)(H,45,61)(H,46,60)(H,47,62)(H,48,58)(H,56,57)/t22-,24-,25-,26-,27-,28-,29-,33-/m0/s1. The molecule has 1 aromatic carbocycles. The van der Waals surface area contributed by atoms with Crippen molar-refractivity contribution in [2.24, 2.45) is 23.1 Å². The highest BCUT2D eigenvalue weighted by Gasteiger charge is 2.42. The molecule has 0 aliphatic carbocycles. The van der Waals surface area contributed by atoms with Crippen molar-refractivity contribution in [1.29, 1.82) is 0 Å². The number of aliphatic carboxylic acids is 1. The minimum absolute atomic E-state index is 0.0485. The first-order valence-electron chi connectivity index (χ1n) is 20.7. The molecule has 24 heteroatoms. The van der Waals surface area contributed by atoms with E-state index < -0.39 is 133 Å². The molecule has 14 N–H and O–H groups in total. The van der Waals surface area contributed by atoms with Crippen molar-refractivity contribution in [2.75, 3.05) is 19.7 Å². The van der Waals surface area contributed by atoms with Gasteiger partial charge in [0.25, 0.3) is 0 Å². The number of nitrogens with two attached hydrogens (primary N) is 3. The topological polar surface area (TPSA) is 393 Å². The largest absolute Gasteiger partial charge is 0.508 e. The van der Waals surface area contributed by atoms with Crippen molar-refractivity contribution in [3.63, 3.8) is 0 Å². The first-order valence-corrected chi connectivity index (χ1v) is 20.7. The maximum atomic E-state index is 14.0. The molecule has 24 nitrogen and oxygen atoms in total. The first kappa shape index (κ1) is 51.7. The molecule has 2 aliphatic heterocycles. The van der Waals surface area contributed by atoms with Crippen LogP contribution in [0.1, 0.15) is 70.8 Å². The number of hydrogen-bond donors (Lipinski definition) is 11. The Morgan fingerprint density at radius 3 is 1.78 bits per heavy atom. The fourth-order valence-corrected chi connectivity index (χ4v) is 7.27. The van der Waals surface area contributed by atoms with Crippen LogP contribution in [0.4, 0.5) is 0 Å². The predicted octanol–water partition coefficient (Wildman–Crippen LogP) is -4.87. The van der Waals surface area contributed by atoms with Crippen LogP contribution in [0.2, 0.25) is 0 Å². The number of carbonyl (C=O) groups is 11. The molecule has 0 bridgehead atoms. The molecule has 0 spiro atoms. The summed E-state index contributed by atoms with van der Waals surface area (Å²) in [6.07, 6.45) is -0.859. The number of aldehydes is 1. The summed E-state index contributed by atoms with van der Waals surface area (Å²) in [5.41, 5.74) is 16.6. The monoisotopic (exact) mass is 902 g/mol. The third kappa shape index (κ3) is 15.0. The van der Waals surface area contributed by atoms with Crippen LogP contribution < -0.4 is 43.8 Å². The minimum Gasteiger partial charge on any atom is -0.508 e. The van der Waals surface area contributed by atoms with Crippen LogP contribution in [0, 0.1) is 5.92 Å². The molecule has 3 rings (SSSR count). The highest BCUT2D eigenvalue weighted by atomic mass is 16.4. The number of carboxylic acids is 1. The van der Waals surface area contributed by atoms with E-state index in [2.05, 4.69) is 26.6 Å². The molecule has 2 saturated heterocycles. The molecule has 352 valence electrons. The zero-order valence-corrected chi connectivity index (χ0v) is 35.5. The summed E-state index contributed by atoms with van der Waals surface area (Å²) in [5.74, 6) is -9.80. The second-order valence-electron chi connectivity index (χ2n) is 16.0. The lowest BCUT2D eigenvalue weighted by Gasteiger charge is -2.32. The summed E-state index contributed by atoms with van der Waals surface area (Å²) in [6.45, 7) is 2.29. The summed E-state index contributed by atoms with van der Waals surface area (Å²) >= 11 is 0. The highest BCUT2D eigenvalue weighted by Crippen LogP contribution is 2.22. The number of aliphatic hydroxyl groups excluding tert-OH is 1. The van der Waals surface area contributed by atoms with Crippen LogP contribution in [0.25, 0.3) is 0 Å². The van der Waals surface area contributed by atoms with Gasteiger partial charge in [-0.3, -0.25) is 47.9 Å². The van der Waals surface area contributed by atoms with Gasteiger partial charge < -0.3 is 73.7 Å². The number of primary amides is 2. The molecule has 0 radical (unpaired) electrons. The lowest BCUT2D eigenvalue weighted by atomic mass is 10.0. The lowest BCUT2D eigenvalue weighted by molar-refractivity contribution is -0.146. The van der Waals surface area contributed by atoms with Gasteiger partial charge in [0.1, 0.15) is 48.3 Å². The summed E-state index contributed by atoms with van der Waals surface area (Å²) < 4.78 is 0. The van der Waals surface area contributed by atoms with Crippen LogP contribution in [0.15, 0.2) is 24.3 Å². The molecule has 0 unspecified atom stereocenters. The summed E-state index contributed by atoms with van der Waals surface area (Å²) in [6, 6.07) is -5.42. The number of likely N-dealkylation sites (tertiary alicyclic amines) is 2. The van der Waals surface area contributed by atoms with Gasteiger partial charge in [-0.25, -0.2) is 0 Å². The number of aliphatic hydroxyl groups is 1. The average molecular weight is 903 g/mol. The van der Waals surface area contributed by atoms with Gasteiger partial charge in [-0.1, -0.05) is 26.0 Å². The van der Waals surface area contributed by atoms with E-state index in [9.17, 15) is 68.1 Å². The molecular weight excluding hydrogens is 844 g/mol. The molecule has 2 fully saturated rings. The van der Waals surface area contributed by atoms with Crippen LogP contribution in [-0.4, -0.2) is 159 Å². The number of amides is 9. The number of carbonyl (C=O) groups excluding carboxylic acids is 10. The number of benzene rings is 1. The number of phenols is 1. The van der Waals surface area contributed by atoms with Crippen molar-refractivity contribution >= 4 is 65.4 Å². The highest BCUT2D eigenvalue weighted by molar-refractivity contribution is 5.99. The van der Waals surface area contributed by atoms with E-state index in [-0.39, 0.29) is 63.7 Å². The van der Waals surface area contributed by atoms with Crippen LogP contribution in [0.5, 0.6) is 5.75 Å². The molecule has 9 amide bonds. The number of nitrogens with one attached hydrogen (secondary N) is 5. The molecule has 64 heavy (non-hydrogen) atoms. The van der Waals surface area contributed by atoms with E-state index in [1.165, 1.54) is 29.2 Å². The van der Waals surface area contributed by atoms with Crippen LogP contribution in [0.3, 0.4) is 0 Å². The second-order valence-corrected chi connectivity index (χ2v) is 16.0. The van der Waals surface area contributed by atoms with Crippen molar-refractivity contribution in [1.82, 2.24) is 36.4 Å². The van der Waals surface area contributed by atoms with Gasteiger partial charge in [0.2, 0.25) is 53.2 Å². The van der Waals surface area contributed by atoms with E-state index in [4.69, 9.17) is 17.2 Å². The third-order valence-electron chi connectivity index (χ3n) is 10.7. The number of hydrogen-bond acceptors (Lipinski definition) is 14. The van der Waals surface area contributed by atoms with Crippen LogP contribution >= 0.6 is 0 Å². The van der Waals surface area contributed by atoms with E-state index in [0.717, 1.165) is 4.90 Å². The Hall–Kier alpha value is -6.69. The normalized spacial score (nSPS) is 18.6. The zero-order chi connectivity index (χ0) is 47.8. The van der Waals surface area contributed by atoms with Crippen molar-refractivity contribution in [3.8, 4) is 5.75 Å². The number of phenolic OH excluding ortho intramolecular Hbond substituents is 1. The molecule has 0 saturated carbocycles. The van der Waals surface area contributed by atoms with Crippen molar-refractivity contribution in [3.05, 3.63) is 29.8 Å². The van der Waals surface area contributed by atoms with Crippen molar-refractivity contribution < 1.29 is 68.1 Å². The number of aromatic hydroxyl groups is 1. The zero-order valence-electron chi connectivity index (χ0n) is 35.5. The maximum Gasteiger partial charge on any atom is 0.305 e. The average Bonchev–Trinajstić information content (AvgIpc) is 3.94. The molecule has 2 aliphatic rings. The quantitative estimate of drug-likeness (QED) is 0.0434. The second kappa shape index (κ2) is 24.2. The summed E-state index contributed by atoms with van der Waals surface area (Å²) in [5, 5.41) is 41.6. The molecule has 0 aromatic heterocycles. The predicted molar refractivity (Wildman–Crippen MR) is 221 cm³/mol.